The number of carbonyl (C=O) groups is 1. The number of rotatable bonds is 8. The van der Waals surface area contributed by atoms with E-state index in [9.17, 15) is 9.18 Å². The molecule has 112 valence electrons. The lowest BCUT2D eigenvalue weighted by atomic mass is 10.2. The summed E-state index contributed by atoms with van der Waals surface area (Å²) in [6.45, 7) is 1.42. The van der Waals surface area contributed by atoms with Crippen LogP contribution < -0.4 is 4.74 Å². The highest BCUT2D eigenvalue weighted by Crippen LogP contribution is 2.17. The topological polar surface area (TPSA) is 53.0 Å². The number of likely N-dealkylation sites (N-methyl/N-ethyl adjacent to an activating group) is 1. The van der Waals surface area contributed by atoms with Gasteiger partial charge in [-0.25, -0.2) is 4.39 Å². The van der Waals surface area contributed by atoms with E-state index in [0.29, 0.717) is 24.4 Å². The number of hydrogen-bond acceptors (Lipinski definition) is 4. The molecule has 0 aliphatic carbocycles. The Morgan fingerprint density at radius 3 is 2.55 bits per heavy atom. The van der Waals surface area contributed by atoms with Gasteiger partial charge in [0.05, 0.1) is 13.7 Å². The molecule has 0 aliphatic heterocycles. The van der Waals surface area contributed by atoms with Crippen molar-refractivity contribution in [2.45, 2.75) is 6.54 Å². The third-order valence-corrected chi connectivity index (χ3v) is 2.88. The van der Waals surface area contributed by atoms with Crippen molar-refractivity contribution in [2.24, 2.45) is 0 Å². The largest absolute Gasteiger partial charge is 0.497 e. The first-order chi connectivity index (χ1) is 9.42. The van der Waals surface area contributed by atoms with Crippen molar-refractivity contribution in [3.05, 3.63) is 29.6 Å². The zero-order valence-electron chi connectivity index (χ0n) is 12.1. The molecule has 0 radical (unpaired) electrons. The van der Waals surface area contributed by atoms with Crippen LogP contribution in [0.15, 0.2) is 18.2 Å². The molecule has 20 heavy (non-hydrogen) atoms. The number of methoxy groups -OCH3 is 1. The van der Waals surface area contributed by atoms with Gasteiger partial charge in [-0.3, -0.25) is 9.69 Å². The first-order valence-electron chi connectivity index (χ1n) is 6.33. The third-order valence-electron chi connectivity index (χ3n) is 2.88. The van der Waals surface area contributed by atoms with Crippen LogP contribution >= 0.6 is 0 Å². The number of nitrogens with zero attached hydrogens (tertiary/aromatic N) is 2. The van der Waals surface area contributed by atoms with Gasteiger partial charge < -0.3 is 14.7 Å². The first-order valence-corrected chi connectivity index (χ1v) is 6.33. The van der Waals surface area contributed by atoms with Crippen LogP contribution in [0.2, 0.25) is 0 Å². The molecule has 5 nitrogen and oxygen atoms in total. The molecule has 0 unspecified atom stereocenters. The monoisotopic (exact) mass is 284 g/mol. The van der Waals surface area contributed by atoms with Gasteiger partial charge in [-0.15, -0.1) is 0 Å². The van der Waals surface area contributed by atoms with Gasteiger partial charge in [-0.05, 0) is 20.2 Å². The zero-order valence-corrected chi connectivity index (χ0v) is 12.1. The normalized spacial score (nSPS) is 11.1. The second kappa shape index (κ2) is 7.81. The number of ether oxygens (including phenoxy) is 1. The lowest BCUT2D eigenvalue weighted by molar-refractivity contribution is -0.138. The van der Waals surface area contributed by atoms with Crippen molar-refractivity contribution in [3.63, 3.8) is 0 Å². The van der Waals surface area contributed by atoms with Crippen molar-refractivity contribution < 1.29 is 19.0 Å². The summed E-state index contributed by atoms with van der Waals surface area (Å²) in [4.78, 5) is 14.5. The molecule has 1 aromatic carbocycles. The molecule has 1 aromatic rings. The molecule has 0 aliphatic rings. The second-order valence-electron chi connectivity index (χ2n) is 4.87. The van der Waals surface area contributed by atoms with Crippen LogP contribution in [0.1, 0.15) is 5.56 Å². The molecule has 0 amide bonds. The third kappa shape index (κ3) is 5.54. The molecule has 1 N–H and O–H groups in total. The number of carboxylic acid groups (broad SMARTS) is 1. The molecule has 0 saturated carbocycles. The van der Waals surface area contributed by atoms with Gasteiger partial charge in [-0.2, -0.15) is 0 Å². The summed E-state index contributed by atoms with van der Waals surface area (Å²) in [6.07, 6.45) is 0. The second-order valence-corrected chi connectivity index (χ2v) is 4.87. The molecular formula is C14H21FN2O3. The van der Waals surface area contributed by atoms with Crippen LogP contribution in [0.25, 0.3) is 0 Å². The van der Waals surface area contributed by atoms with Crippen molar-refractivity contribution >= 4 is 5.97 Å². The van der Waals surface area contributed by atoms with E-state index < -0.39 is 5.97 Å². The Balaban J connectivity index is 2.74. The molecule has 0 atom stereocenters. The van der Waals surface area contributed by atoms with Crippen LogP contribution in [-0.2, 0) is 11.3 Å². The fourth-order valence-corrected chi connectivity index (χ4v) is 1.77. The molecule has 0 bridgehead atoms. The van der Waals surface area contributed by atoms with Crippen molar-refractivity contribution in [2.75, 3.05) is 40.8 Å². The number of hydrogen-bond donors (Lipinski definition) is 1. The summed E-state index contributed by atoms with van der Waals surface area (Å²) in [7, 11) is 5.29. The van der Waals surface area contributed by atoms with E-state index in [4.69, 9.17) is 9.84 Å². The van der Waals surface area contributed by atoms with Crippen LogP contribution in [0, 0.1) is 5.82 Å². The number of benzene rings is 1. The number of carboxylic acids is 1. The molecule has 0 heterocycles. The minimum Gasteiger partial charge on any atom is -0.497 e. The average molecular weight is 284 g/mol. The van der Waals surface area contributed by atoms with Crippen molar-refractivity contribution in [1.82, 2.24) is 9.80 Å². The average Bonchev–Trinajstić information content (AvgIpc) is 2.37. The molecule has 0 aromatic heterocycles. The van der Waals surface area contributed by atoms with E-state index in [0.717, 1.165) is 0 Å². The van der Waals surface area contributed by atoms with Gasteiger partial charge in [0.25, 0.3) is 0 Å². The van der Waals surface area contributed by atoms with Crippen LogP contribution in [-0.4, -0.2) is 61.7 Å². The highest BCUT2D eigenvalue weighted by molar-refractivity contribution is 5.69. The van der Waals surface area contributed by atoms with Gasteiger partial charge >= 0.3 is 5.97 Å². The molecule has 0 spiro atoms. The van der Waals surface area contributed by atoms with Gasteiger partial charge in [0.15, 0.2) is 0 Å². The maximum atomic E-state index is 13.9. The number of halogens is 1. The van der Waals surface area contributed by atoms with Crippen LogP contribution in [0.4, 0.5) is 4.39 Å². The minimum atomic E-state index is -0.919. The fraction of sp³-hybridized carbons (Fsp3) is 0.500. The SMILES string of the molecule is COc1ccc(CN(CCN(C)C)CC(=O)O)c(F)c1. The Bertz CT molecular complexity index is 452. The van der Waals surface area contributed by atoms with E-state index in [1.807, 2.05) is 19.0 Å². The Morgan fingerprint density at radius 1 is 1.35 bits per heavy atom. The maximum Gasteiger partial charge on any atom is 0.317 e. The molecule has 1 rings (SSSR count). The summed E-state index contributed by atoms with van der Waals surface area (Å²) >= 11 is 0. The van der Waals surface area contributed by atoms with E-state index >= 15 is 0 Å². The van der Waals surface area contributed by atoms with Crippen molar-refractivity contribution in [3.8, 4) is 5.75 Å². The summed E-state index contributed by atoms with van der Waals surface area (Å²) in [5.74, 6) is -0.855. The quantitative estimate of drug-likeness (QED) is 0.779. The predicted molar refractivity (Wildman–Crippen MR) is 74.4 cm³/mol. The Hall–Kier alpha value is -1.66. The van der Waals surface area contributed by atoms with E-state index in [1.165, 1.54) is 13.2 Å². The lowest BCUT2D eigenvalue weighted by Crippen LogP contribution is -2.35. The Labute approximate surface area is 118 Å². The summed E-state index contributed by atoms with van der Waals surface area (Å²) < 4.78 is 18.8. The van der Waals surface area contributed by atoms with E-state index in [-0.39, 0.29) is 18.9 Å². The van der Waals surface area contributed by atoms with Gasteiger partial charge in [0, 0.05) is 31.3 Å². The summed E-state index contributed by atoms with van der Waals surface area (Å²) in [5.41, 5.74) is 0.464. The van der Waals surface area contributed by atoms with Gasteiger partial charge in [-0.1, -0.05) is 6.07 Å². The lowest BCUT2D eigenvalue weighted by Gasteiger charge is -2.22. The Kier molecular flexibility index (Phi) is 6.41. The first kappa shape index (κ1) is 16.4. The van der Waals surface area contributed by atoms with E-state index in [1.54, 1.807) is 17.0 Å². The van der Waals surface area contributed by atoms with Gasteiger partial charge in [0.1, 0.15) is 11.6 Å². The number of aliphatic carboxylic acids is 1. The highest BCUT2D eigenvalue weighted by Gasteiger charge is 2.13. The highest BCUT2D eigenvalue weighted by atomic mass is 19.1. The van der Waals surface area contributed by atoms with E-state index in [2.05, 4.69) is 0 Å². The molecule has 6 heteroatoms. The fourth-order valence-electron chi connectivity index (χ4n) is 1.77. The molecule has 0 fully saturated rings. The van der Waals surface area contributed by atoms with Crippen LogP contribution in [0.3, 0.4) is 0 Å². The van der Waals surface area contributed by atoms with Crippen LogP contribution in [0.5, 0.6) is 5.75 Å². The smallest absolute Gasteiger partial charge is 0.317 e. The predicted octanol–water partition coefficient (Wildman–Crippen LogP) is 1.28. The summed E-state index contributed by atoms with van der Waals surface area (Å²) in [5, 5.41) is 8.91. The molecular weight excluding hydrogens is 263 g/mol. The standard InChI is InChI=1S/C14H21FN2O3/c1-16(2)6-7-17(10-14(18)19)9-11-4-5-12(20-3)8-13(11)15/h4-5,8H,6-7,9-10H2,1-3H3,(H,18,19). The maximum absolute atomic E-state index is 13.9. The minimum absolute atomic E-state index is 0.112. The molecule has 0 saturated heterocycles. The Morgan fingerprint density at radius 2 is 2.05 bits per heavy atom. The van der Waals surface area contributed by atoms with Crippen molar-refractivity contribution in [1.29, 1.82) is 0 Å². The van der Waals surface area contributed by atoms with Gasteiger partial charge in [0.2, 0.25) is 0 Å². The zero-order chi connectivity index (χ0) is 15.1. The summed E-state index contributed by atoms with van der Waals surface area (Å²) in [6, 6.07) is 4.60.